The lowest BCUT2D eigenvalue weighted by Crippen LogP contribution is -2.21. The number of ether oxygens (including phenoxy) is 1. The molecule has 1 aliphatic heterocycles. The Morgan fingerprint density at radius 1 is 1.06 bits per heavy atom. The second kappa shape index (κ2) is 4.96. The second-order valence-electron chi connectivity index (χ2n) is 4.06. The number of piperidine rings is 1. The van der Waals surface area contributed by atoms with Crippen molar-refractivity contribution in [2.75, 3.05) is 13.1 Å². The predicted octanol–water partition coefficient (Wildman–Crippen LogP) is 3.07. The SMILES string of the molecule is FC(F)(F)Oc1ccc(C2CC[N]CC2)cc1. The monoisotopic (exact) mass is 244 g/mol. The van der Waals surface area contributed by atoms with Crippen LogP contribution in [-0.2, 0) is 0 Å². The Morgan fingerprint density at radius 2 is 1.65 bits per heavy atom. The third-order valence-corrected chi connectivity index (χ3v) is 2.86. The standard InChI is InChI=1S/C12H13F3NO/c13-12(14,15)17-11-3-1-9(2-4-11)10-5-7-16-8-6-10/h1-4,10H,5-8H2. The minimum absolute atomic E-state index is 0.165. The van der Waals surface area contributed by atoms with Crippen LogP contribution < -0.4 is 10.1 Å². The molecule has 0 bridgehead atoms. The van der Waals surface area contributed by atoms with Gasteiger partial charge in [-0.15, -0.1) is 13.2 Å². The highest BCUT2D eigenvalue weighted by atomic mass is 19.4. The number of nitrogens with zero attached hydrogens (tertiary/aromatic N) is 1. The summed E-state index contributed by atoms with van der Waals surface area (Å²) >= 11 is 0. The number of halogens is 3. The van der Waals surface area contributed by atoms with Crippen LogP contribution in [0.5, 0.6) is 5.75 Å². The minimum atomic E-state index is -4.62. The first-order chi connectivity index (χ1) is 8.04. The molecule has 1 aromatic carbocycles. The summed E-state index contributed by atoms with van der Waals surface area (Å²) in [6.45, 7) is 1.68. The molecule has 0 atom stereocenters. The molecule has 0 aromatic heterocycles. The van der Waals surface area contributed by atoms with Crippen molar-refractivity contribution in [1.29, 1.82) is 0 Å². The molecule has 0 spiro atoms. The predicted molar refractivity (Wildman–Crippen MR) is 57.0 cm³/mol. The number of rotatable bonds is 2. The number of benzene rings is 1. The van der Waals surface area contributed by atoms with Gasteiger partial charge in [0, 0.05) is 13.1 Å². The molecule has 1 heterocycles. The first-order valence-electron chi connectivity index (χ1n) is 5.53. The lowest BCUT2D eigenvalue weighted by molar-refractivity contribution is -0.274. The van der Waals surface area contributed by atoms with Crippen LogP contribution in [0.3, 0.4) is 0 Å². The Kier molecular flexibility index (Phi) is 3.57. The molecule has 17 heavy (non-hydrogen) atoms. The quantitative estimate of drug-likeness (QED) is 0.784. The molecule has 2 nitrogen and oxygen atoms in total. The average molecular weight is 244 g/mol. The van der Waals surface area contributed by atoms with E-state index in [0.29, 0.717) is 5.92 Å². The van der Waals surface area contributed by atoms with Crippen molar-refractivity contribution in [3.8, 4) is 5.75 Å². The van der Waals surface area contributed by atoms with Crippen LogP contribution in [0, 0.1) is 0 Å². The minimum Gasteiger partial charge on any atom is -0.406 e. The van der Waals surface area contributed by atoms with Gasteiger partial charge in [0.05, 0.1) is 0 Å². The summed E-state index contributed by atoms with van der Waals surface area (Å²) in [6, 6.07) is 6.15. The van der Waals surface area contributed by atoms with Crippen LogP contribution >= 0.6 is 0 Å². The van der Waals surface area contributed by atoms with Crippen molar-refractivity contribution in [3.63, 3.8) is 0 Å². The fourth-order valence-electron chi connectivity index (χ4n) is 2.03. The van der Waals surface area contributed by atoms with Crippen LogP contribution in [0.25, 0.3) is 0 Å². The molecule has 1 fully saturated rings. The van der Waals surface area contributed by atoms with E-state index in [9.17, 15) is 13.2 Å². The van der Waals surface area contributed by atoms with Gasteiger partial charge in [0.25, 0.3) is 0 Å². The zero-order valence-corrected chi connectivity index (χ0v) is 9.20. The molecule has 1 saturated heterocycles. The van der Waals surface area contributed by atoms with E-state index in [0.717, 1.165) is 31.5 Å². The molecule has 1 radical (unpaired) electrons. The molecule has 5 heteroatoms. The van der Waals surface area contributed by atoms with Gasteiger partial charge in [0.15, 0.2) is 0 Å². The van der Waals surface area contributed by atoms with E-state index in [-0.39, 0.29) is 5.75 Å². The molecule has 0 unspecified atom stereocenters. The smallest absolute Gasteiger partial charge is 0.406 e. The van der Waals surface area contributed by atoms with Gasteiger partial charge in [0.1, 0.15) is 5.75 Å². The molecule has 1 aliphatic rings. The summed E-state index contributed by atoms with van der Waals surface area (Å²) in [5.74, 6) is 0.245. The number of hydrogen-bond donors (Lipinski definition) is 0. The van der Waals surface area contributed by atoms with E-state index >= 15 is 0 Å². The topological polar surface area (TPSA) is 23.3 Å². The molecule has 0 N–H and O–H groups in total. The zero-order valence-electron chi connectivity index (χ0n) is 9.20. The third-order valence-electron chi connectivity index (χ3n) is 2.86. The fraction of sp³-hybridized carbons (Fsp3) is 0.500. The summed E-state index contributed by atoms with van der Waals surface area (Å²) in [7, 11) is 0. The van der Waals surface area contributed by atoms with Crippen molar-refractivity contribution in [2.45, 2.75) is 25.1 Å². The number of hydrogen-bond acceptors (Lipinski definition) is 1. The molecule has 93 valence electrons. The second-order valence-corrected chi connectivity index (χ2v) is 4.06. The lowest BCUT2D eigenvalue weighted by atomic mass is 9.90. The van der Waals surface area contributed by atoms with Gasteiger partial charge in [-0.25, -0.2) is 5.32 Å². The Bertz CT molecular complexity index is 355. The third kappa shape index (κ3) is 3.63. The van der Waals surface area contributed by atoms with Crippen molar-refractivity contribution in [2.24, 2.45) is 0 Å². The highest BCUT2D eigenvalue weighted by molar-refractivity contribution is 5.29. The van der Waals surface area contributed by atoms with Gasteiger partial charge in [-0.3, -0.25) is 0 Å². The van der Waals surface area contributed by atoms with Crippen LogP contribution in [0.4, 0.5) is 13.2 Å². The molecule has 0 amide bonds. The first-order valence-corrected chi connectivity index (χ1v) is 5.53. The number of alkyl halides is 3. The van der Waals surface area contributed by atoms with Gasteiger partial charge in [-0.05, 0) is 36.5 Å². The Morgan fingerprint density at radius 3 is 2.18 bits per heavy atom. The normalized spacial score (nSPS) is 18.1. The van der Waals surface area contributed by atoms with E-state index in [4.69, 9.17) is 0 Å². The molecular formula is C12H13F3NO. The maximum absolute atomic E-state index is 12.0. The Hall–Kier alpha value is -1.23. The fourth-order valence-corrected chi connectivity index (χ4v) is 2.03. The first kappa shape index (κ1) is 12.2. The summed E-state index contributed by atoms with van der Waals surface area (Å²) in [4.78, 5) is 0. The van der Waals surface area contributed by atoms with Crippen molar-refractivity contribution in [3.05, 3.63) is 29.8 Å². The Balaban J connectivity index is 2.02. The van der Waals surface area contributed by atoms with E-state index < -0.39 is 6.36 Å². The van der Waals surface area contributed by atoms with Gasteiger partial charge < -0.3 is 4.74 Å². The molecular weight excluding hydrogens is 231 g/mol. The average Bonchev–Trinajstić information content (AvgIpc) is 2.29. The van der Waals surface area contributed by atoms with Crippen LogP contribution in [-0.4, -0.2) is 19.5 Å². The molecule has 2 rings (SSSR count). The maximum Gasteiger partial charge on any atom is 0.573 e. The van der Waals surface area contributed by atoms with E-state index in [1.807, 2.05) is 0 Å². The Labute approximate surface area is 97.8 Å². The highest BCUT2D eigenvalue weighted by Gasteiger charge is 2.31. The lowest BCUT2D eigenvalue weighted by Gasteiger charge is -2.22. The van der Waals surface area contributed by atoms with Gasteiger partial charge in [-0.2, -0.15) is 0 Å². The van der Waals surface area contributed by atoms with Crippen LogP contribution in [0.2, 0.25) is 0 Å². The largest absolute Gasteiger partial charge is 0.573 e. The van der Waals surface area contributed by atoms with Crippen LogP contribution in [0.1, 0.15) is 24.3 Å². The van der Waals surface area contributed by atoms with Crippen molar-refractivity contribution < 1.29 is 17.9 Å². The summed E-state index contributed by atoms with van der Waals surface area (Å²) in [6.07, 6.45) is -2.68. The maximum atomic E-state index is 12.0. The van der Waals surface area contributed by atoms with Gasteiger partial charge >= 0.3 is 6.36 Å². The summed E-state index contributed by atoms with van der Waals surface area (Å²) in [5.41, 5.74) is 1.06. The van der Waals surface area contributed by atoms with Crippen LogP contribution in [0.15, 0.2) is 24.3 Å². The summed E-state index contributed by atoms with van der Waals surface area (Å²) < 4.78 is 39.7. The molecule has 0 saturated carbocycles. The van der Waals surface area contributed by atoms with Crippen molar-refractivity contribution in [1.82, 2.24) is 5.32 Å². The summed E-state index contributed by atoms with van der Waals surface area (Å²) in [5, 5.41) is 4.25. The van der Waals surface area contributed by atoms with Crippen molar-refractivity contribution >= 4 is 0 Å². The van der Waals surface area contributed by atoms with Gasteiger partial charge in [0.2, 0.25) is 0 Å². The van der Waals surface area contributed by atoms with E-state index in [1.54, 1.807) is 12.1 Å². The van der Waals surface area contributed by atoms with E-state index in [2.05, 4.69) is 10.1 Å². The van der Waals surface area contributed by atoms with E-state index in [1.165, 1.54) is 12.1 Å². The zero-order chi connectivity index (χ0) is 12.3. The highest BCUT2D eigenvalue weighted by Crippen LogP contribution is 2.28. The van der Waals surface area contributed by atoms with Gasteiger partial charge in [-0.1, -0.05) is 12.1 Å². The molecule has 1 aromatic rings. The molecule has 0 aliphatic carbocycles.